The molecule has 3 atom stereocenters. The molecule has 3 nitrogen and oxygen atoms in total. The molecule has 14 heavy (non-hydrogen) atoms. The zero-order chi connectivity index (χ0) is 10.7. The second kappa shape index (κ2) is 5.10. The van der Waals surface area contributed by atoms with E-state index in [9.17, 15) is 5.11 Å². The van der Waals surface area contributed by atoms with E-state index >= 15 is 0 Å². The molecule has 0 radical (unpaired) electrons. The summed E-state index contributed by atoms with van der Waals surface area (Å²) >= 11 is 0. The van der Waals surface area contributed by atoms with Crippen LogP contribution in [0.1, 0.15) is 27.7 Å². The van der Waals surface area contributed by atoms with Gasteiger partial charge in [0.15, 0.2) is 0 Å². The van der Waals surface area contributed by atoms with Crippen molar-refractivity contribution in [3.63, 3.8) is 0 Å². The maximum Gasteiger partial charge on any atom is 0.0639 e. The molecule has 1 rings (SSSR count). The molecule has 1 aliphatic heterocycles. The Morgan fingerprint density at radius 2 is 2.07 bits per heavy atom. The molecule has 0 bridgehead atoms. The summed E-state index contributed by atoms with van der Waals surface area (Å²) in [5.41, 5.74) is 0. The SMILES string of the molecule is CC(O)CN1CC(C(C)C)NCC1C. The van der Waals surface area contributed by atoms with E-state index in [1.54, 1.807) is 0 Å². The highest BCUT2D eigenvalue weighted by Crippen LogP contribution is 2.12. The van der Waals surface area contributed by atoms with Crippen LogP contribution in [0.5, 0.6) is 0 Å². The van der Waals surface area contributed by atoms with Crippen LogP contribution in [0.3, 0.4) is 0 Å². The Morgan fingerprint density at radius 1 is 1.43 bits per heavy atom. The Hall–Kier alpha value is -0.120. The van der Waals surface area contributed by atoms with Crippen molar-refractivity contribution >= 4 is 0 Å². The first kappa shape index (κ1) is 12.0. The molecule has 0 aromatic heterocycles. The van der Waals surface area contributed by atoms with Gasteiger partial charge in [-0.1, -0.05) is 13.8 Å². The summed E-state index contributed by atoms with van der Waals surface area (Å²) < 4.78 is 0. The van der Waals surface area contributed by atoms with Gasteiger partial charge in [0.2, 0.25) is 0 Å². The van der Waals surface area contributed by atoms with Crippen molar-refractivity contribution in [2.24, 2.45) is 5.92 Å². The molecule has 0 spiro atoms. The molecule has 1 saturated heterocycles. The maximum absolute atomic E-state index is 9.39. The number of piperazine rings is 1. The number of rotatable bonds is 3. The van der Waals surface area contributed by atoms with Crippen LogP contribution in [-0.2, 0) is 0 Å². The third-order valence-corrected chi connectivity index (χ3v) is 3.03. The van der Waals surface area contributed by atoms with Gasteiger partial charge < -0.3 is 10.4 Å². The molecule has 1 fully saturated rings. The van der Waals surface area contributed by atoms with E-state index in [-0.39, 0.29) is 6.10 Å². The molecule has 0 aliphatic carbocycles. The van der Waals surface area contributed by atoms with Crippen molar-refractivity contribution in [1.29, 1.82) is 0 Å². The van der Waals surface area contributed by atoms with Crippen LogP contribution >= 0.6 is 0 Å². The number of aliphatic hydroxyl groups excluding tert-OH is 1. The van der Waals surface area contributed by atoms with Gasteiger partial charge in [-0.2, -0.15) is 0 Å². The van der Waals surface area contributed by atoms with Crippen molar-refractivity contribution in [1.82, 2.24) is 10.2 Å². The van der Waals surface area contributed by atoms with E-state index in [1.807, 2.05) is 6.92 Å². The Balaban J connectivity index is 2.46. The summed E-state index contributed by atoms with van der Waals surface area (Å²) in [5, 5.41) is 12.9. The standard InChI is InChI=1S/C11H24N2O/c1-8(2)11-7-13(6-10(4)14)9(3)5-12-11/h8-12,14H,5-7H2,1-4H3. The first-order valence-electron chi connectivity index (χ1n) is 5.66. The Labute approximate surface area is 87.5 Å². The third kappa shape index (κ3) is 3.23. The van der Waals surface area contributed by atoms with Gasteiger partial charge in [-0.15, -0.1) is 0 Å². The topological polar surface area (TPSA) is 35.5 Å². The zero-order valence-corrected chi connectivity index (χ0v) is 9.83. The summed E-state index contributed by atoms with van der Waals surface area (Å²) in [6, 6.07) is 1.12. The molecule has 0 aromatic rings. The van der Waals surface area contributed by atoms with Crippen molar-refractivity contribution < 1.29 is 5.11 Å². The lowest BCUT2D eigenvalue weighted by atomic mass is 9.99. The van der Waals surface area contributed by atoms with Gasteiger partial charge in [-0.25, -0.2) is 0 Å². The fourth-order valence-corrected chi connectivity index (χ4v) is 1.99. The lowest BCUT2D eigenvalue weighted by Gasteiger charge is -2.40. The minimum Gasteiger partial charge on any atom is -0.392 e. The fourth-order valence-electron chi connectivity index (χ4n) is 1.99. The predicted octanol–water partition coefficient (Wildman–Crippen LogP) is 0.685. The van der Waals surface area contributed by atoms with E-state index < -0.39 is 0 Å². The molecule has 0 aromatic carbocycles. The van der Waals surface area contributed by atoms with Gasteiger partial charge in [0, 0.05) is 31.7 Å². The highest BCUT2D eigenvalue weighted by atomic mass is 16.3. The summed E-state index contributed by atoms with van der Waals surface area (Å²) in [6.45, 7) is 11.5. The summed E-state index contributed by atoms with van der Waals surface area (Å²) in [4.78, 5) is 2.38. The van der Waals surface area contributed by atoms with Crippen LogP contribution in [0.4, 0.5) is 0 Å². The molecule has 84 valence electrons. The van der Waals surface area contributed by atoms with E-state index in [0.717, 1.165) is 19.6 Å². The van der Waals surface area contributed by atoms with E-state index in [1.165, 1.54) is 0 Å². The first-order valence-corrected chi connectivity index (χ1v) is 5.66. The van der Waals surface area contributed by atoms with Gasteiger partial charge in [-0.05, 0) is 19.8 Å². The van der Waals surface area contributed by atoms with Gasteiger partial charge in [0.25, 0.3) is 0 Å². The van der Waals surface area contributed by atoms with E-state index in [0.29, 0.717) is 18.0 Å². The van der Waals surface area contributed by atoms with Crippen LogP contribution in [0.15, 0.2) is 0 Å². The highest BCUT2D eigenvalue weighted by Gasteiger charge is 2.26. The molecule has 3 unspecified atom stereocenters. The average molecular weight is 200 g/mol. The Bertz CT molecular complexity index is 171. The largest absolute Gasteiger partial charge is 0.392 e. The summed E-state index contributed by atoms with van der Waals surface area (Å²) in [7, 11) is 0. The zero-order valence-electron chi connectivity index (χ0n) is 9.83. The smallest absolute Gasteiger partial charge is 0.0639 e. The number of β-amino-alcohol motifs (C(OH)–C–C–N with tert-alkyl or cyclic N) is 1. The Morgan fingerprint density at radius 3 is 2.57 bits per heavy atom. The van der Waals surface area contributed by atoms with Crippen LogP contribution in [0, 0.1) is 5.92 Å². The molecule has 1 aliphatic rings. The van der Waals surface area contributed by atoms with E-state index in [4.69, 9.17) is 0 Å². The number of aliphatic hydroxyl groups is 1. The van der Waals surface area contributed by atoms with Gasteiger partial charge in [0.1, 0.15) is 0 Å². The molecular formula is C11H24N2O. The number of nitrogens with one attached hydrogen (secondary N) is 1. The van der Waals surface area contributed by atoms with Gasteiger partial charge in [0.05, 0.1) is 6.10 Å². The second-order valence-electron chi connectivity index (χ2n) is 4.91. The van der Waals surface area contributed by atoms with Crippen molar-refractivity contribution in [2.45, 2.75) is 45.9 Å². The second-order valence-corrected chi connectivity index (χ2v) is 4.91. The summed E-state index contributed by atoms with van der Waals surface area (Å²) in [6.07, 6.45) is -0.219. The molecule has 1 heterocycles. The molecule has 0 saturated carbocycles. The number of nitrogens with zero attached hydrogens (tertiary/aromatic N) is 1. The Kier molecular flexibility index (Phi) is 4.35. The van der Waals surface area contributed by atoms with Crippen molar-refractivity contribution in [3.8, 4) is 0 Å². The van der Waals surface area contributed by atoms with Crippen molar-refractivity contribution in [2.75, 3.05) is 19.6 Å². The minimum atomic E-state index is -0.219. The van der Waals surface area contributed by atoms with Gasteiger partial charge >= 0.3 is 0 Å². The van der Waals surface area contributed by atoms with Crippen molar-refractivity contribution in [3.05, 3.63) is 0 Å². The van der Waals surface area contributed by atoms with Crippen LogP contribution in [-0.4, -0.2) is 47.8 Å². The quantitative estimate of drug-likeness (QED) is 0.703. The first-order chi connectivity index (χ1) is 6.50. The van der Waals surface area contributed by atoms with E-state index in [2.05, 4.69) is 31.0 Å². The normalized spacial score (nSPS) is 32.1. The van der Waals surface area contributed by atoms with Crippen LogP contribution in [0.25, 0.3) is 0 Å². The summed E-state index contributed by atoms with van der Waals surface area (Å²) in [5.74, 6) is 0.666. The molecule has 0 amide bonds. The maximum atomic E-state index is 9.39. The molecule has 3 heteroatoms. The number of hydrogen-bond acceptors (Lipinski definition) is 3. The monoisotopic (exact) mass is 200 g/mol. The lowest BCUT2D eigenvalue weighted by molar-refractivity contribution is 0.0664. The fraction of sp³-hybridized carbons (Fsp3) is 1.00. The third-order valence-electron chi connectivity index (χ3n) is 3.03. The van der Waals surface area contributed by atoms with Crippen LogP contribution in [0.2, 0.25) is 0 Å². The molecular weight excluding hydrogens is 176 g/mol. The highest BCUT2D eigenvalue weighted by molar-refractivity contribution is 4.85. The molecule has 2 N–H and O–H groups in total. The minimum absolute atomic E-state index is 0.219. The van der Waals surface area contributed by atoms with Crippen LogP contribution < -0.4 is 5.32 Å². The average Bonchev–Trinajstić information content (AvgIpc) is 2.07. The number of hydrogen-bond donors (Lipinski definition) is 2. The predicted molar refractivity (Wildman–Crippen MR) is 59.3 cm³/mol. The lowest BCUT2D eigenvalue weighted by Crippen LogP contribution is -2.58. The van der Waals surface area contributed by atoms with Gasteiger partial charge in [-0.3, -0.25) is 4.90 Å².